The molecule has 2 aromatic carbocycles. The molecular weight excluding hydrogens is 534 g/mol. The van der Waals surface area contributed by atoms with Gasteiger partial charge in [-0.05, 0) is 24.3 Å². The topological polar surface area (TPSA) is 160 Å². The Labute approximate surface area is 223 Å². The van der Waals surface area contributed by atoms with Crippen molar-refractivity contribution in [1.29, 1.82) is 0 Å². The number of imide groups is 1. The van der Waals surface area contributed by atoms with Crippen molar-refractivity contribution in [2.45, 2.75) is 55.5 Å². The van der Waals surface area contributed by atoms with Gasteiger partial charge in [-0.3, -0.25) is 28.9 Å². The van der Waals surface area contributed by atoms with Crippen LogP contribution in [0.15, 0.2) is 59.5 Å². The molecule has 0 bridgehead atoms. The predicted molar refractivity (Wildman–Crippen MR) is 131 cm³/mol. The van der Waals surface area contributed by atoms with Crippen LogP contribution in [0.5, 0.6) is 0 Å². The molecule has 12 nitrogen and oxygen atoms in total. The third kappa shape index (κ3) is 5.40. The quantitative estimate of drug-likeness (QED) is 0.273. The minimum atomic E-state index is -4.52. The van der Waals surface area contributed by atoms with Gasteiger partial charge in [-0.15, -0.1) is 0 Å². The van der Waals surface area contributed by atoms with Crippen molar-refractivity contribution in [3.8, 4) is 0 Å². The van der Waals surface area contributed by atoms with Gasteiger partial charge in [0.05, 0.1) is 16.0 Å². The highest BCUT2D eigenvalue weighted by Crippen LogP contribution is 2.38. The lowest BCUT2D eigenvalue weighted by atomic mass is 9.96. The molecule has 2 heterocycles. The third-order valence-corrected chi connectivity index (χ3v) is 8.10. The first kappa shape index (κ1) is 27.9. The third-order valence-electron chi connectivity index (χ3n) is 6.17. The Balaban J connectivity index is 1.92. The zero-order chi connectivity index (χ0) is 28.5. The smallest absolute Gasteiger partial charge is 0.303 e. The summed E-state index contributed by atoms with van der Waals surface area (Å²) in [6.45, 7) is 2.60. The van der Waals surface area contributed by atoms with Gasteiger partial charge in [-0.2, -0.15) is 0 Å². The number of carbonyl (C=O) groups is 5. The number of rotatable bonds is 7. The average molecular weight is 560 g/mol. The Bertz CT molecular complexity index is 1390. The van der Waals surface area contributed by atoms with E-state index in [0.29, 0.717) is 4.90 Å². The molecule has 0 unspecified atom stereocenters. The van der Waals surface area contributed by atoms with Gasteiger partial charge in [-0.25, -0.2) is 8.42 Å². The second-order valence-corrected chi connectivity index (χ2v) is 10.9. The highest BCUT2D eigenvalue weighted by atomic mass is 32.2. The lowest BCUT2D eigenvalue weighted by Crippen LogP contribution is -2.68. The Morgan fingerprint density at radius 2 is 1.31 bits per heavy atom. The number of sulfone groups is 1. The van der Waals surface area contributed by atoms with Crippen molar-refractivity contribution < 1.29 is 51.3 Å². The van der Waals surface area contributed by atoms with Crippen LogP contribution >= 0.6 is 0 Å². The second kappa shape index (κ2) is 10.9. The molecule has 1 saturated heterocycles. The van der Waals surface area contributed by atoms with Crippen LogP contribution in [0.3, 0.4) is 0 Å². The molecular formula is C26H25NO11S. The van der Waals surface area contributed by atoms with E-state index in [2.05, 4.69) is 0 Å². The van der Waals surface area contributed by atoms with Gasteiger partial charge in [0.1, 0.15) is 18.8 Å². The molecule has 2 amide bonds. The fourth-order valence-electron chi connectivity index (χ4n) is 4.64. The van der Waals surface area contributed by atoms with Crippen molar-refractivity contribution in [2.75, 3.05) is 6.61 Å². The van der Waals surface area contributed by atoms with Crippen molar-refractivity contribution in [2.24, 2.45) is 0 Å². The summed E-state index contributed by atoms with van der Waals surface area (Å²) in [4.78, 5) is 63.4. The number of amides is 2. The van der Waals surface area contributed by atoms with E-state index in [4.69, 9.17) is 18.9 Å². The molecule has 1 fully saturated rings. The number of carbonyl (C=O) groups excluding carboxylic acids is 5. The zero-order valence-electron chi connectivity index (χ0n) is 21.1. The Hall–Kier alpha value is -4.10. The molecule has 0 N–H and O–H groups in total. The summed E-state index contributed by atoms with van der Waals surface area (Å²) in [6, 6.07) is 11.2. The van der Waals surface area contributed by atoms with Crippen LogP contribution in [0.4, 0.5) is 0 Å². The first-order chi connectivity index (χ1) is 18.4. The lowest BCUT2D eigenvalue weighted by molar-refractivity contribution is -0.217. The molecule has 39 heavy (non-hydrogen) atoms. The Morgan fingerprint density at radius 3 is 1.82 bits per heavy atom. The van der Waals surface area contributed by atoms with Gasteiger partial charge < -0.3 is 18.9 Å². The molecule has 4 rings (SSSR count). The minimum absolute atomic E-state index is 0.00556. The summed E-state index contributed by atoms with van der Waals surface area (Å²) in [6.07, 6.45) is -4.70. The summed E-state index contributed by atoms with van der Waals surface area (Å²) in [5, 5.41) is 0. The Kier molecular flexibility index (Phi) is 7.84. The van der Waals surface area contributed by atoms with E-state index in [1.165, 1.54) is 48.5 Å². The molecule has 0 aliphatic carbocycles. The van der Waals surface area contributed by atoms with Crippen molar-refractivity contribution in [3.63, 3.8) is 0 Å². The number of benzene rings is 2. The van der Waals surface area contributed by atoms with E-state index in [0.717, 1.165) is 20.8 Å². The largest absolute Gasteiger partial charge is 0.463 e. The monoisotopic (exact) mass is 559 g/mol. The highest BCUT2D eigenvalue weighted by molar-refractivity contribution is 7.92. The summed E-state index contributed by atoms with van der Waals surface area (Å²) in [5.74, 6) is -4.22. The van der Waals surface area contributed by atoms with Gasteiger partial charge in [0, 0.05) is 20.8 Å². The molecule has 206 valence electrons. The predicted octanol–water partition coefficient (Wildman–Crippen LogP) is 1.28. The number of fused-ring (bicyclic) bond motifs is 1. The zero-order valence-corrected chi connectivity index (χ0v) is 22.0. The van der Waals surface area contributed by atoms with E-state index < -0.39 is 76.0 Å². The SMILES string of the molecule is CC(=O)OC[C@H]1O[C@@H](S(=O)(=O)c2ccccc2)[C@H](N2C(=O)c3ccccc3C2=O)[C@@H](OC(C)=O)[C@@H]1OC(C)=O. The standard InChI is InChI=1S/C26H25NO11S/c1-14(28)35-13-20-22(36-15(2)29)23(37-16(3)30)21(26(38-20)39(33,34)17-9-5-4-6-10-17)27-24(31)18-11-7-8-12-19(18)25(27)32/h4-12,20-23,26H,13H2,1-3H3/t20-,21-,22-,23-,26+/m1/s1. The molecule has 0 aromatic heterocycles. The fourth-order valence-corrected chi connectivity index (χ4v) is 6.37. The molecule has 2 aliphatic heterocycles. The van der Waals surface area contributed by atoms with Crippen LogP contribution in [0.2, 0.25) is 0 Å². The summed E-state index contributed by atoms with van der Waals surface area (Å²) >= 11 is 0. The molecule has 2 aromatic rings. The molecule has 13 heteroatoms. The van der Waals surface area contributed by atoms with Gasteiger partial charge in [0.25, 0.3) is 11.8 Å². The number of esters is 3. The summed E-state index contributed by atoms with van der Waals surface area (Å²) in [5.41, 5.74) is -1.99. The van der Waals surface area contributed by atoms with Gasteiger partial charge in [0.15, 0.2) is 17.6 Å². The molecule has 0 spiro atoms. The van der Waals surface area contributed by atoms with Crippen molar-refractivity contribution in [3.05, 3.63) is 65.7 Å². The lowest BCUT2D eigenvalue weighted by Gasteiger charge is -2.46. The second-order valence-electron chi connectivity index (χ2n) is 8.87. The molecule has 0 radical (unpaired) electrons. The van der Waals surface area contributed by atoms with Crippen LogP contribution in [0.25, 0.3) is 0 Å². The molecule has 0 saturated carbocycles. The normalized spacial score (nSPS) is 24.6. The molecule has 5 atom stereocenters. The maximum atomic E-state index is 14.0. The number of hydrogen-bond acceptors (Lipinski definition) is 11. The fraction of sp³-hybridized carbons (Fsp3) is 0.346. The van der Waals surface area contributed by atoms with Crippen LogP contribution < -0.4 is 0 Å². The number of hydrogen-bond donors (Lipinski definition) is 0. The number of nitrogens with zero attached hydrogens (tertiary/aromatic N) is 1. The highest BCUT2D eigenvalue weighted by Gasteiger charge is 2.60. The molecule has 2 aliphatic rings. The summed E-state index contributed by atoms with van der Waals surface area (Å²) < 4.78 is 49.7. The van der Waals surface area contributed by atoms with Crippen LogP contribution in [-0.2, 0) is 43.2 Å². The van der Waals surface area contributed by atoms with E-state index in [9.17, 15) is 32.4 Å². The first-order valence-corrected chi connectivity index (χ1v) is 13.4. The van der Waals surface area contributed by atoms with Gasteiger partial charge in [0.2, 0.25) is 9.84 Å². The van der Waals surface area contributed by atoms with Crippen molar-refractivity contribution in [1.82, 2.24) is 4.90 Å². The maximum Gasteiger partial charge on any atom is 0.303 e. The Morgan fingerprint density at radius 1 is 0.795 bits per heavy atom. The van der Waals surface area contributed by atoms with Crippen LogP contribution in [-0.4, -0.2) is 79.4 Å². The van der Waals surface area contributed by atoms with E-state index in [1.807, 2.05) is 0 Å². The van der Waals surface area contributed by atoms with E-state index >= 15 is 0 Å². The minimum Gasteiger partial charge on any atom is -0.463 e. The van der Waals surface area contributed by atoms with E-state index in [-0.39, 0.29) is 16.0 Å². The summed E-state index contributed by atoms with van der Waals surface area (Å²) in [7, 11) is -4.52. The first-order valence-electron chi connectivity index (χ1n) is 11.8. The average Bonchev–Trinajstić information content (AvgIpc) is 3.13. The van der Waals surface area contributed by atoms with Gasteiger partial charge >= 0.3 is 17.9 Å². The number of ether oxygens (including phenoxy) is 4. The van der Waals surface area contributed by atoms with Gasteiger partial charge in [-0.1, -0.05) is 30.3 Å². The van der Waals surface area contributed by atoms with E-state index in [1.54, 1.807) is 6.07 Å². The van der Waals surface area contributed by atoms with Crippen molar-refractivity contribution >= 4 is 39.6 Å². The maximum absolute atomic E-state index is 14.0. The van der Waals surface area contributed by atoms with Crippen LogP contribution in [0.1, 0.15) is 41.5 Å². The van der Waals surface area contributed by atoms with Crippen LogP contribution in [0, 0.1) is 0 Å².